The van der Waals surface area contributed by atoms with E-state index in [4.69, 9.17) is 5.26 Å². The topological polar surface area (TPSA) is 103 Å². The van der Waals surface area contributed by atoms with Gasteiger partial charge in [0.05, 0.1) is 17.8 Å². The highest BCUT2D eigenvalue weighted by atomic mass is 32.2. The minimum Gasteiger partial charge on any atom is -0.346 e. The first-order chi connectivity index (χ1) is 12.5. The zero-order valence-corrected chi connectivity index (χ0v) is 15.2. The van der Waals surface area contributed by atoms with Gasteiger partial charge in [-0.1, -0.05) is 6.92 Å². The van der Waals surface area contributed by atoms with Crippen LogP contribution in [0.25, 0.3) is 21.9 Å². The van der Waals surface area contributed by atoms with Crippen LogP contribution in [0.4, 0.5) is 0 Å². The molecular formula is C18H19N5O2S. The molecule has 1 N–H and O–H groups in total. The number of nitriles is 1. The van der Waals surface area contributed by atoms with Gasteiger partial charge in [-0.3, -0.25) is 4.98 Å². The van der Waals surface area contributed by atoms with E-state index in [0.717, 1.165) is 33.9 Å². The van der Waals surface area contributed by atoms with Gasteiger partial charge in [-0.25, -0.2) is 17.7 Å². The van der Waals surface area contributed by atoms with E-state index in [2.05, 4.69) is 21.9 Å². The van der Waals surface area contributed by atoms with E-state index < -0.39 is 15.8 Å². The summed E-state index contributed by atoms with van der Waals surface area (Å²) in [4.78, 5) is 12.0. The summed E-state index contributed by atoms with van der Waals surface area (Å²) in [6, 6.07) is 5.73. The molecule has 26 heavy (non-hydrogen) atoms. The van der Waals surface area contributed by atoms with Gasteiger partial charge in [0.2, 0.25) is 10.0 Å². The summed E-state index contributed by atoms with van der Waals surface area (Å²) in [6.07, 6.45) is 6.12. The van der Waals surface area contributed by atoms with Gasteiger partial charge in [0.1, 0.15) is 5.65 Å². The fourth-order valence-electron chi connectivity index (χ4n) is 3.86. The molecule has 0 bridgehead atoms. The van der Waals surface area contributed by atoms with E-state index in [-0.39, 0.29) is 5.92 Å². The molecule has 0 aromatic carbocycles. The van der Waals surface area contributed by atoms with Gasteiger partial charge in [0, 0.05) is 42.2 Å². The number of fused-ring (bicyclic) bond motifs is 3. The molecule has 3 aromatic heterocycles. The molecule has 0 radical (unpaired) electrons. The zero-order chi connectivity index (χ0) is 18.3. The molecule has 1 fully saturated rings. The number of aromatic nitrogens is 3. The van der Waals surface area contributed by atoms with Crippen molar-refractivity contribution in [1.29, 1.82) is 5.26 Å². The van der Waals surface area contributed by atoms with Crippen LogP contribution >= 0.6 is 0 Å². The van der Waals surface area contributed by atoms with Crippen molar-refractivity contribution in [3.8, 4) is 6.07 Å². The van der Waals surface area contributed by atoms with Gasteiger partial charge in [-0.05, 0) is 30.0 Å². The average molecular weight is 369 g/mol. The van der Waals surface area contributed by atoms with Crippen molar-refractivity contribution >= 4 is 32.0 Å². The highest BCUT2D eigenvalue weighted by Gasteiger charge is 2.34. The molecule has 8 heteroatoms. The third-order valence-electron chi connectivity index (χ3n) is 5.28. The highest BCUT2D eigenvalue weighted by molar-refractivity contribution is 7.89. The van der Waals surface area contributed by atoms with Crippen LogP contribution < -0.4 is 0 Å². The Balaban J connectivity index is 1.83. The molecule has 1 aliphatic rings. The zero-order valence-electron chi connectivity index (χ0n) is 14.4. The van der Waals surface area contributed by atoms with Crippen LogP contribution in [0.3, 0.4) is 0 Å². The molecule has 0 aliphatic carbocycles. The number of hydrogen-bond donors (Lipinski definition) is 1. The maximum absolute atomic E-state index is 12.4. The number of sulfonamides is 1. The van der Waals surface area contributed by atoms with Crippen LogP contribution in [0.5, 0.6) is 0 Å². The monoisotopic (exact) mass is 369 g/mol. The molecule has 4 heterocycles. The number of H-pyrrole nitrogens is 1. The lowest BCUT2D eigenvalue weighted by Crippen LogP contribution is -2.43. The van der Waals surface area contributed by atoms with Gasteiger partial charge in [0.15, 0.2) is 5.75 Å². The summed E-state index contributed by atoms with van der Waals surface area (Å²) in [5, 5.41) is 10.8. The Labute approximate surface area is 151 Å². The predicted molar refractivity (Wildman–Crippen MR) is 98.9 cm³/mol. The van der Waals surface area contributed by atoms with E-state index in [0.29, 0.717) is 19.0 Å². The molecule has 1 aliphatic heterocycles. The van der Waals surface area contributed by atoms with Gasteiger partial charge in [-0.15, -0.1) is 0 Å². The van der Waals surface area contributed by atoms with Crippen LogP contribution in [0.2, 0.25) is 0 Å². The number of aromatic amines is 1. The number of piperidine rings is 1. The molecule has 0 saturated carbocycles. The van der Waals surface area contributed by atoms with Crippen LogP contribution in [-0.2, 0) is 10.0 Å². The van der Waals surface area contributed by atoms with Gasteiger partial charge in [0.25, 0.3) is 0 Å². The summed E-state index contributed by atoms with van der Waals surface area (Å²) in [5.41, 5.74) is 2.69. The lowest BCUT2D eigenvalue weighted by molar-refractivity contribution is 0.253. The Hall–Kier alpha value is -2.50. The number of nitrogens with one attached hydrogen (secondary N) is 1. The molecule has 4 rings (SSSR count). The molecule has 7 nitrogen and oxygen atoms in total. The minimum absolute atomic E-state index is 0.0446. The van der Waals surface area contributed by atoms with Crippen molar-refractivity contribution in [3.05, 3.63) is 36.3 Å². The van der Waals surface area contributed by atoms with Crippen LogP contribution in [-0.4, -0.2) is 46.5 Å². The first kappa shape index (κ1) is 16.9. The van der Waals surface area contributed by atoms with E-state index in [1.807, 2.05) is 18.3 Å². The van der Waals surface area contributed by atoms with Crippen LogP contribution in [0.15, 0.2) is 30.7 Å². The van der Waals surface area contributed by atoms with Gasteiger partial charge >= 0.3 is 0 Å². The number of hydrogen-bond acceptors (Lipinski definition) is 5. The Morgan fingerprint density at radius 3 is 3.04 bits per heavy atom. The predicted octanol–water partition coefficient (Wildman–Crippen LogP) is 2.39. The van der Waals surface area contributed by atoms with E-state index in [1.165, 1.54) is 4.31 Å². The lowest BCUT2D eigenvalue weighted by atomic mass is 9.81. The first-order valence-electron chi connectivity index (χ1n) is 8.57. The van der Waals surface area contributed by atoms with Gasteiger partial charge in [-0.2, -0.15) is 5.26 Å². The van der Waals surface area contributed by atoms with E-state index in [1.54, 1.807) is 18.5 Å². The maximum Gasteiger partial charge on any atom is 0.227 e. The number of rotatable bonds is 3. The Kier molecular flexibility index (Phi) is 4.13. The molecule has 0 spiro atoms. The largest absolute Gasteiger partial charge is 0.346 e. The maximum atomic E-state index is 12.4. The molecule has 134 valence electrons. The molecule has 2 atom stereocenters. The molecule has 3 aromatic rings. The summed E-state index contributed by atoms with van der Waals surface area (Å²) in [5.74, 6) is -0.100. The summed E-state index contributed by atoms with van der Waals surface area (Å²) >= 11 is 0. The van der Waals surface area contributed by atoms with Crippen molar-refractivity contribution in [2.45, 2.75) is 19.3 Å². The summed E-state index contributed by atoms with van der Waals surface area (Å²) < 4.78 is 26.2. The van der Waals surface area contributed by atoms with Crippen molar-refractivity contribution in [2.24, 2.45) is 5.92 Å². The second kappa shape index (κ2) is 6.34. The summed E-state index contributed by atoms with van der Waals surface area (Å²) in [7, 11) is -3.54. The van der Waals surface area contributed by atoms with E-state index in [9.17, 15) is 8.42 Å². The molecule has 1 saturated heterocycles. The first-order valence-corrected chi connectivity index (χ1v) is 10.2. The third-order valence-corrected chi connectivity index (χ3v) is 6.90. The van der Waals surface area contributed by atoms with E-state index >= 15 is 0 Å². The third kappa shape index (κ3) is 2.73. The van der Waals surface area contributed by atoms with Crippen molar-refractivity contribution in [2.75, 3.05) is 18.8 Å². The van der Waals surface area contributed by atoms with Crippen molar-refractivity contribution in [3.63, 3.8) is 0 Å². The lowest BCUT2D eigenvalue weighted by Gasteiger charge is -2.36. The average Bonchev–Trinajstić information content (AvgIpc) is 3.10. The molecule has 0 amide bonds. The molecular weight excluding hydrogens is 350 g/mol. The Morgan fingerprint density at radius 2 is 2.23 bits per heavy atom. The smallest absolute Gasteiger partial charge is 0.227 e. The Morgan fingerprint density at radius 1 is 1.38 bits per heavy atom. The standard InChI is InChI=1S/C18H19N5O2S/c1-12-4-8-23(26(24,25)9-5-19)11-15(12)13-2-6-20-16-10-22-18-14(17(13)16)3-7-21-18/h2-3,6-7,10,12,15H,4,8-9,11H2,1H3,(H,21,22). The summed E-state index contributed by atoms with van der Waals surface area (Å²) in [6.45, 7) is 3.00. The number of pyridine rings is 2. The van der Waals surface area contributed by atoms with Crippen molar-refractivity contribution < 1.29 is 8.42 Å². The Bertz CT molecular complexity index is 1120. The SMILES string of the molecule is CC1CCN(S(=O)(=O)CC#N)CC1c1ccnc2cnc3[nH]ccc3c12. The minimum atomic E-state index is -3.54. The quantitative estimate of drug-likeness (QED) is 0.763. The fourth-order valence-corrected chi connectivity index (χ4v) is 4.98. The van der Waals surface area contributed by atoms with Gasteiger partial charge < -0.3 is 4.98 Å². The van der Waals surface area contributed by atoms with Crippen LogP contribution in [0.1, 0.15) is 24.8 Å². The second-order valence-electron chi connectivity index (χ2n) is 6.80. The fraction of sp³-hybridized carbons (Fsp3) is 0.389. The highest BCUT2D eigenvalue weighted by Crippen LogP contribution is 2.38. The van der Waals surface area contributed by atoms with Crippen LogP contribution in [0, 0.1) is 17.2 Å². The molecule has 2 unspecified atom stereocenters. The second-order valence-corrected chi connectivity index (χ2v) is 8.77. The van der Waals surface area contributed by atoms with Crippen molar-refractivity contribution in [1.82, 2.24) is 19.3 Å². The number of nitrogens with zero attached hydrogens (tertiary/aromatic N) is 4. The normalized spacial score (nSPS) is 21.8.